The number of rotatable bonds is 8. The number of carbonyl (C=O) groups excluding carboxylic acids is 2. The third kappa shape index (κ3) is 7.46. The maximum atomic E-state index is 13.8. The van der Waals surface area contributed by atoms with E-state index >= 15 is 0 Å². The molecular weight excluding hydrogens is 444 g/mol. The molecule has 178 valence electrons. The van der Waals surface area contributed by atoms with Gasteiger partial charge in [0.1, 0.15) is 6.04 Å². The summed E-state index contributed by atoms with van der Waals surface area (Å²) in [4.78, 5) is 29.0. The molecule has 0 heterocycles. The first-order chi connectivity index (χ1) is 16.1. The molecule has 0 saturated carbocycles. The van der Waals surface area contributed by atoms with Gasteiger partial charge in [0.05, 0.1) is 6.42 Å². The fourth-order valence-electron chi connectivity index (χ4n) is 3.91. The summed E-state index contributed by atoms with van der Waals surface area (Å²) in [6, 6.07) is 24.4. The van der Waals surface area contributed by atoms with E-state index in [1.165, 1.54) is 0 Å². The van der Waals surface area contributed by atoms with Gasteiger partial charge in [-0.3, -0.25) is 9.59 Å². The Morgan fingerprint density at radius 3 is 2.21 bits per heavy atom. The Balaban J connectivity index is 2.00. The number of benzene rings is 3. The van der Waals surface area contributed by atoms with Crippen molar-refractivity contribution in [1.29, 1.82) is 0 Å². The zero-order valence-electron chi connectivity index (χ0n) is 20.3. The van der Waals surface area contributed by atoms with Gasteiger partial charge < -0.3 is 10.2 Å². The van der Waals surface area contributed by atoms with Crippen molar-refractivity contribution in [3.8, 4) is 0 Å². The highest BCUT2D eigenvalue weighted by molar-refractivity contribution is 6.30. The van der Waals surface area contributed by atoms with Gasteiger partial charge in [0.15, 0.2) is 0 Å². The van der Waals surface area contributed by atoms with Gasteiger partial charge in [-0.25, -0.2) is 0 Å². The van der Waals surface area contributed by atoms with Crippen molar-refractivity contribution in [3.05, 3.63) is 106 Å². The van der Waals surface area contributed by atoms with Crippen molar-refractivity contribution in [2.45, 2.75) is 58.7 Å². The molecule has 5 heteroatoms. The van der Waals surface area contributed by atoms with Crippen molar-refractivity contribution >= 4 is 23.4 Å². The monoisotopic (exact) mass is 476 g/mol. The standard InChI is InChI=1S/C29H33ClN2O2/c1-21-11-8-9-15-24(21)19-27(33)32(20-23-14-10-16-25(30)17-23)26(28(34)31-29(2,3)4)18-22-12-6-5-7-13-22/h5-17,26H,18-20H2,1-4H3,(H,31,34). The average Bonchev–Trinajstić information content (AvgIpc) is 2.77. The normalized spacial score (nSPS) is 12.1. The lowest BCUT2D eigenvalue weighted by Gasteiger charge is -2.34. The van der Waals surface area contributed by atoms with Gasteiger partial charge in [0.25, 0.3) is 0 Å². The van der Waals surface area contributed by atoms with E-state index in [1.807, 2.05) is 100 Å². The predicted molar refractivity (Wildman–Crippen MR) is 139 cm³/mol. The predicted octanol–water partition coefficient (Wildman–Crippen LogP) is 5.75. The molecule has 1 atom stereocenters. The van der Waals surface area contributed by atoms with E-state index in [9.17, 15) is 9.59 Å². The zero-order valence-corrected chi connectivity index (χ0v) is 21.1. The van der Waals surface area contributed by atoms with E-state index in [0.717, 1.165) is 22.3 Å². The van der Waals surface area contributed by atoms with Crippen LogP contribution < -0.4 is 5.32 Å². The van der Waals surface area contributed by atoms with Crippen LogP contribution >= 0.6 is 11.6 Å². The third-order valence-electron chi connectivity index (χ3n) is 5.61. The van der Waals surface area contributed by atoms with Crippen LogP contribution in [0, 0.1) is 6.92 Å². The van der Waals surface area contributed by atoms with Crippen molar-refractivity contribution in [1.82, 2.24) is 10.2 Å². The molecule has 3 aromatic rings. The van der Waals surface area contributed by atoms with Crippen molar-refractivity contribution in [2.24, 2.45) is 0 Å². The summed E-state index contributed by atoms with van der Waals surface area (Å²) in [6.07, 6.45) is 0.643. The van der Waals surface area contributed by atoms with Crippen LogP contribution in [0.5, 0.6) is 0 Å². The number of halogens is 1. The van der Waals surface area contributed by atoms with Crippen LogP contribution in [0.4, 0.5) is 0 Å². The molecule has 4 nitrogen and oxygen atoms in total. The highest BCUT2D eigenvalue weighted by Crippen LogP contribution is 2.20. The fourth-order valence-corrected chi connectivity index (χ4v) is 4.12. The molecule has 0 aromatic heterocycles. The average molecular weight is 477 g/mol. The van der Waals surface area contributed by atoms with Crippen molar-refractivity contribution < 1.29 is 9.59 Å². The Labute approximate surface area is 207 Å². The molecule has 0 bridgehead atoms. The number of amides is 2. The minimum atomic E-state index is -0.669. The Hall–Kier alpha value is -3.11. The molecule has 0 aliphatic carbocycles. The summed E-state index contributed by atoms with van der Waals surface area (Å²) in [5, 5.41) is 3.69. The molecule has 0 saturated heterocycles. The Morgan fingerprint density at radius 2 is 1.56 bits per heavy atom. The second-order valence-electron chi connectivity index (χ2n) is 9.70. The third-order valence-corrected chi connectivity index (χ3v) is 5.85. The van der Waals surface area contributed by atoms with Crippen molar-refractivity contribution in [3.63, 3.8) is 0 Å². The van der Waals surface area contributed by atoms with E-state index in [4.69, 9.17) is 11.6 Å². The first-order valence-electron chi connectivity index (χ1n) is 11.6. The molecule has 2 amide bonds. The maximum absolute atomic E-state index is 13.8. The Kier molecular flexibility index (Phi) is 8.51. The molecule has 0 spiro atoms. The number of hydrogen-bond donors (Lipinski definition) is 1. The molecule has 3 aromatic carbocycles. The first-order valence-corrected chi connectivity index (χ1v) is 11.9. The van der Waals surface area contributed by atoms with Crippen LogP contribution in [-0.4, -0.2) is 28.3 Å². The number of nitrogens with zero attached hydrogens (tertiary/aromatic N) is 1. The summed E-state index contributed by atoms with van der Waals surface area (Å²) in [6.45, 7) is 8.13. The van der Waals surface area contributed by atoms with Gasteiger partial charge in [-0.05, 0) is 62.1 Å². The lowest BCUT2D eigenvalue weighted by atomic mass is 9.99. The first kappa shape index (κ1) is 25.5. The molecule has 0 radical (unpaired) electrons. The Bertz CT molecular complexity index is 1120. The topological polar surface area (TPSA) is 49.4 Å². The van der Waals surface area contributed by atoms with E-state index in [1.54, 1.807) is 11.0 Å². The molecule has 3 rings (SSSR count). The van der Waals surface area contributed by atoms with Crippen LogP contribution in [0.3, 0.4) is 0 Å². The van der Waals surface area contributed by atoms with Crippen LogP contribution in [0.25, 0.3) is 0 Å². The highest BCUT2D eigenvalue weighted by atomic mass is 35.5. The van der Waals surface area contributed by atoms with Crippen LogP contribution in [0.2, 0.25) is 5.02 Å². The summed E-state index contributed by atoms with van der Waals surface area (Å²) in [5.41, 5.74) is 3.46. The van der Waals surface area contributed by atoms with Gasteiger partial charge >= 0.3 is 0 Å². The zero-order chi connectivity index (χ0) is 24.7. The van der Waals surface area contributed by atoms with Gasteiger partial charge in [-0.1, -0.05) is 78.3 Å². The van der Waals surface area contributed by atoms with E-state index < -0.39 is 11.6 Å². The summed E-state index contributed by atoms with van der Waals surface area (Å²) in [5.74, 6) is -0.268. The lowest BCUT2D eigenvalue weighted by molar-refractivity contribution is -0.141. The van der Waals surface area contributed by atoms with E-state index in [0.29, 0.717) is 18.0 Å². The molecule has 0 fully saturated rings. The van der Waals surface area contributed by atoms with Crippen molar-refractivity contribution in [2.75, 3.05) is 0 Å². The SMILES string of the molecule is Cc1ccccc1CC(=O)N(Cc1cccc(Cl)c1)C(Cc1ccccc1)C(=O)NC(C)(C)C. The maximum Gasteiger partial charge on any atom is 0.243 e. The minimum Gasteiger partial charge on any atom is -0.350 e. The fraction of sp³-hybridized carbons (Fsp3) is 0.310. The molecule has 1 N–H and O–H groups in total. The van der Waals surface area contributed by atoms with E-state index in [2.05, 4.69) is 5.32 Å². The molecule has 1 unspecified atom stereocenters. The van der Waals surface area contributed by atoms with E-state index in [-0.39, 0.29) is 18.2 Å². The second-order valence-corrected chi connectivity index (χ2v) is 10.1. The largest absolute Gasteiger partial charge is 0.350 e. The highest BCUT2D eigenvalue weighted by Gasteiger charge is 2.32. The summed E-state index contributed by atoms with van der Waals surface area (Å²) < 4.78 is 0. The number of aryl methyl sites for hydroxylation is 1. The molecule has 34 heavy (non-hydrogen) atoms. The van der Waals surface area contributed by atoms with Crippen LogP contribution in [0.1, 0.15) is 43.0 Å². The molecular formula is C29H33ClN2O2. The number of hydrogen-bond acceptors (Lipinski definition) is 2. The molecule has 0 aliphatic heterocycles. The smallest absolute Gasteiger partial charge is 0.243 e. The Morgan fingerprint density at radius 1 is 0.912 bits per heavy atom. The lowest BCUT2D eigenvalue weighted by Crippen LogP contribution is -2.54. The van der Waals surface area contributed by atoms with Gasteiger partial charge in [-0.15, -0.1) is 0 Å². The molecule has 0 aliphatic rings. The van der Waals surface area contributed by atoms with Crippen LogP contribution in [-0.2, 0) is 29.0 Å². The quantitative estimate of drug-likeness (QED) is 0.450. The number of nitrogens with one attached hydrogen (secondary N) is 1. The number of carbonyl (C=O) groups is 2. The van der Waals surface area contributed by atoms with Crippen LogP contribution in [0.15, 0.2) is 78.9 Å². The second kappa shape index (κ2) is 11.3. The summed E-state index contributed by atoms with van der Waals surface area (Å²) in [7, 11) is 0. The summed E-state index contributed by atoms with van der Waals surface area (Å²) >= 11 is 6.23. The van der Waals surface area contributed by atoms with Gasteiger partial charge in [0, 0.05) is 23.5 Å². The minimum absolute atomic E-state index is 0.0979. The van der Waals surface area contributed by atoms with Gasteiger partial charge in [-0.2, -0.15) is 0 Å². The van der Waals surface area contributed by atoms with Gasteiger partial charge in [0.2, 0.25) is 11.8 Å².